The van der Waals surface area contributed by atoms with Gasteiger partial charge in [0, 0.05) is 29.2 Å². The molecular weight excluding hydrogens is 496 g/mol. The van der Waals surface area contributed by atoms with Gasteiger partial charge in [-0.15, -0.1) is 0 Å². The van der Waals surface area contributed by atoms with E-state index in [1.807, 2.05) is 6.92 Å². The van der Waals surface area contributed by atoms with Gasteiger partial charge in [0.15, 0.2) is 17.7 Å². The highest BCUT2D eigenvalue weighted by Gasteiger charge is 2.94. The summed E-state index contributed by atoms with van der Waals surface area (Å²) < 4.78 is 43.5. The SMILES string of the molecule is CC(=O)O[C@@]12Oc3c4c(cc(C)c3C3OC(C5OCCCO5)(OC31)[C@]21CO1)C(=O)c1cccc(C)c1C4=O. The van der Waals surface area contributed by atoms with Crippen LogP contribution < -0.4 is 4.74 Å². The summed E-state index contributed by atoms with van der Waals surface area (Å²) in [5.74, 6) is -4.42. The van der Waals surface area contributed by atoms with Crippen molar-refractivity contribution in [3.63, 3.8) is 0 Å². The first kappa shape index (κ1) is 22.8. The molecule has 8 rings (SSSR count). The number of carbonyl (C=O) groups excluding carboxylic acids is 3. The van der Waals surface area contributed by atoms with Gasteiger partial charge in [-0.25, -0.2) is 0 Å². The first-order chi connectivity index (χ1) is 18.2. The van der Waals surface area contributed by atoms with Gasteiger partial charge in [0.2, 0.25) is 11.9 Å². The van der Waals surface area contributed by atoms with Crippen molar-refractivity contribution in [3.8, 4) is 5.75 Å². The maximum absolute atomic E-state index is 14.0. The van der Waals surface area contributed by atoms with E-state index < -0.39 is 41.6 Å². The average Bonchev–Trinajstić information content (AvgIpc) is 3.56. The highest BCUT2D eigenvalue weighted by atomic mass is 16.9. The maximum Gasteiger partial charge on any atom is 0.320 e. The van der Waals surface area contributed by atoms with E-state index in [4.69, 9.17) is 33.2 Å². The second-order valence-corrected chi connectivity index (χ2v) is 10.7. The summed E-state index contributed by atoms with van der Waals surface area (Å²) >= 11 is 0. The van der Waals surface area contributed by atoms with Crippen molar-refractivity contribution in [3.05, 3.63) is 63.2 Å². The number of epoxide rings is 1. The van der Waals surface area contributed by atoms with Gasteiger partial charge in [0.05, 0.1) is 25.4 Å². The zero-order valence-electron chi connectivity index (χ0n) is 21.0. The lowest BCUT2D eigenvalue weighted by Crippen LogP contribution is -2.71. The molecule has 6 aliphatic rings. The molecule has 0 radical (unpaired) electrons. The lowest BCUT2D eigenvalue weighted by Gasteiger charge is -2.49. The molecule has 2 aromatic carbocycles. The van der Waals surface area contributed by atoms with Crippen LogP contribution in [-0.4, -0.2) is 66.9 Å². The minimum atomic E-state index is -1.78. The molecule has 2 bridgehead atoms. The van der Waals surface area contributed by atoms with Crippen LogP contribution in [0.3, 0.4) is 0 Å². The van der Waals surface area contributed by atoms with Crippen molar-refractivity contribution in [1.82, 2.24) is 0 Å². The predicted octanol–water partition coefficient (Wildman–Crippen LogP) is 2.43. The Balaban J connectivity index is 1.37. The minimum absolute atomic E-state index is 0.0882. The van der Waals surface area contributed by atoms with E-state index in [1.54, 1.807) is 31.2 Å². The average molecular weight is 520 g/mol. The third-order valence-electron chi connectivity index (χ3n) is 8.53. The van der Waals surface area contributed by atoms with E-state index >= 15 is 0 Å². The van der Waals surface area contributed by atoms with Crippen LogP contribution in [0.15, 0.2) is 24.3 Å². The van der Waals surface area contributed by atoms with Crippen LogP contribution in [0.2, 0.25) is 0 Å². The number of hydrogen-bond acceptors (Lipinski definition) is 10. The van der Waals surface area contributed by atoms with Crippen LogP contribution in [0.1, 0.15) is 68.0 Å². The largest absolute Gasteiger partial charge is 0.446 e. The Morgan fingerprint density at radius 3 is 2.47 bits per heavy atom. The molecule has 1 aliphatic carbocycles. The number of ether oxygens (including phenoxy) is 7. The number of rotatable bonds is 2. The highest BCUT2D eigenvalue weighted by molar-refractivity contribution is 6.30. The molecule has 0 amide bonds. The molecule has 4 saturated heterocycles. The summed E-state index contributed by atoms with van der Waals surface area (Å²) in [6.07, 6.45) is -1.95. The zero-order valence-corrected chi connectivity index (χ0v) is 21.0. The van der Waals surface area contributed by atoms with Gasteiger partial charge < -0.3 is 33.2 Å². The number of esters is 1. The molecule has 3 unspecified atom stereocenters. The lowest BCUT2D eigenvalue weighted by atomic mass is 9.75. The predicted molar refractivity (Wildman–Crippen MR) is 125 cm³/mol. The first-order valence-corrected chi connectivity index (χ1v) is 12.7. The normalized spacial score (nSPS) is 36.0. The molecular formula is C28H24O10. The fraction of sp³-hybridized carbons (Fsp3) is 0.464. The van der Waals surface area contributed by atoms with Crippen LogP contribution in [0.5, 0.6) is 5.75 Å². The van der Waals surface area contributed by atoms with Crippen molar-refractivity contribution in [2.75, 3.05) is 19.8 Å². The molecule has 196 valence electrons. The molecule has 10 heteroatoms. The van der Waals surface area contributed by atoms with Crippen molar-refractivity contribution in [2.45, 2.75) is 62.9 Å². The van der Waals surface area contributed by atoms with E-state index in [1.165, 1.54) is 6.92 Å². The Hall–Kier alpha value is -3.15. The Labute approximate surface area is 217 Å². The Morgan fingerprint density at radius 1 is 1.00 bits per heavy atom. The number of benzene rings is 2. The summed E-state index contributed by atoms with van der Waals surface area (Å²) in [5, 5.41) is 0. The summed E-state index contributed by atoms with van der Waals surface area (Å²) in [6.45, 7) is 5.84. The summed E-state index contributed by atoms with van der Waals surface area (Å²) in [5.41, 5.74) is 1.56. The third-order valence-corrected chi connectivity index (χ3v) is 8.53. The maximum atomic E-state index is 14.0. The smallest absolute Gasteiger partial charge is 0.320 e. The second kappa shape index (κ2) is 7.08. The second-order valence-electron chi connectivity index (χ2n) is 10.7. The highest BCUT2D eigenvalue weighted by Crippen LogP contribution is 2.71. The zero-order chi connectivity index (χ0) is 26.2. The van der Waals surface area contributed by atoms with E-state index in [0.29, 0.717) is 47.5 Å². The molecule has 4 fully saturated rings. The van der Waals surface area contributed by atoms with Gasteiger partial charge in [-0.2, -0.15) is 0 Å². The molecule has 0 N–H and O–H groups in total. The summed E-state index contributed by atoms with van der Waals surface area (Å²) in [7, 11) is 0. The fourth-order valence-electron chi connectivity index (χ4n) is 6.92. The Bertz CT molecular complexity index is 1480. The topological polar surface area (TPSA) is 119 Å². The quantitative estimate of drug-likeness (QED) is 0.368. The number of hydrogen-bond donors (Lipinski definition) is 0. The van der Waals surface area contributed by atoms with Crippen LogP contribution in [0.4, 0.5) is 0 Å². The third kappa shape index (κ3) is 2.40. The van der Waals surface area contributed by atoms with Crippen LogP contribution in [0, 0.1) is 13.8 Å². The Morgan fingerprint density at radius 2 is 1.76 bits per heavy atom. The van der Waals surface area contributed by atoms with E-state index in [2.05, 4.69) is 0 Å². The van der Waals surface area contributed by atoms with E-state index in [-0.39, 0.29) is 35.0 Å². The molecule has 2 aromatic rings. The molecule has 5 heterocycles. The monoisotopic (exact) mass is 520 g/mol. The van der Waals surface area contributed by atoms with Crippen LogP contribution in [-0.2, 0) is 33.2 Å². The van der Waals surface area contributed by atoms with E-state index in [9.17, 15) is 14.4 Å². The molecule has 0 saturated carbocycles. The lowest BCUT2D eigenvalue weighted by molar-refractivity contribution is -0.363. The molecule has 0 aromatic heterocycles. The summed E-state index contributed by atoms with van der Waals surface area (Å²) in [4.78, 5) is 40.1. The first-order valence-electron chi connectivity index (χ1n) is 12.7. The van der Waals surface area contributed by atoms with Crippen molar-refractivity contribution in [2.24, 2.45) is 0 Å². The molecule has 10 nitrogen and oxygen atoms in total. The molecule has 1 spiro atoms. The standard InChI is InChI=1S/C28H24O10/c1-12-6-4-7-15-17(12)21(31)19-16(20(15)30)10-13(2)18-22(19)36-27(35-14(3)29)24-23(18)37-28(38-24,26(27)11-34-26)25-32-8-5-9-33-25/h4,6-7,10,23-25H,5,8-9,11H2,1-3H3/t23?,24?,26-,27+,28?/m0/s1. The minimum Gasteiger partial charge on any atom is -0.446 e. The van der Waals surface area contributed by atoms with Gasteiger partial charge in [-0.1, -0.05) is 18.2 Å². The Kier molecular flexibility index (Phi) is 4.25. The van der Waals surface area contributed by atoms with Crippen LogP contribution in [0.25, 0.3) is 0 Å². The van der Waals surface area contributed by atoms with Crippen LogP contribution >= 0.6 is 0 Å². The number of aryl methyl sites for hydroxylation is 2. The van der Waals surface area contributed by atoms with Crippen molar-refractivity contribution in [1.29, 1.82) is 0 Å². The molecule has 5 aliphatic heterocycles. The number of ketones is 2. The van der Waals surface area contributed by atoms with Gasteiger partial charge >= 0.3 is 11.8 Å². The summed E-state index contributed by atoms with van der Waals surface area (Å²) in [6, 6.07) is 6.90. The van der Waals surface area contributed by atoms with Gasteiger partial charge in [0.1, 0.15) is 11.9 Å². The molecule has 38 heavy (non-hydrogen) atoms. The van der Waals surface area contributed by atoms with Crippen molar-refractivity contribution >= 4 is 17.5 Å². The van der Waals surface area contributed by atoms with Gasteiger partial charge in [0.25, 0.3) is 5.79 Å². The fourth-order valence-corrected chi connectivity index (χ4v) is 6.92. The number of fused-ring (bicyclic) bond motifs is 8. The number of carbonyl (C=O) groups is 3. The van der Waals surface area contributed by atoms with Crippen molar-refractivity contribution < 1.29 is 47.5 Å². The van der Waals surface area contributed by atoms with Gasteiger partial charge in [-0.3, -0.25) is 14.4 Å². The van der Waals surface area contributed by atoms with E-state index in [0.717, 1.165) is 0 Å². The van der Waals surface area contributed by atoms with Gasteiger partial charge in [-0.05, 0) is 37.5 Å². The molecule has 5 atom stereocenters.